The van der Waals surface area contributed by atoms with Crippen LogP contribution in [-0.2, 0) is 6.54 Å². The van der Waals surface area contributed by atoms with Gasteiger partial charge in [-0.3, -0.25) is 4.90 Å². The first-order valence-corrected chi connectivity index (χ1v) is 6.91. The van der Waals surface area contributed by atoms with Crippen LogP contribution in [0, 0.1) is 0 Å². The molecule has 4 heteroatoms. The lowest BCUT2D eigenvalue weighted by Crippen LogP contribution is -2.30. The van der Waals surface area contributed by atoms with Crippen molar-refractivity contribution in [2.75, 3.05) is 12.5 Å². The van der Waals surface area contributed by atoms with Crippen molar-refractivity contribution in [3.8, 4) is 0 Å². The van der Waals surface area contributed by atoms with E-state index >= 15 is 0 Å². The number of hydrogen-bond donors (Lipinski definition) is 2. The molecule has 0 aliphatic heterocycles. The minimum atomic E-state index is 0.731. The Morgan fingerprint density at radius 1 is 1.33 bits per heavy atom. The Bertz CT molecular complexity index is 359. The highest BCUT2D eigenvalue weighted by Gasteiger charge is 2.16. The van der Waals surface area contributed by atoms with Crippen molar-refractivity contribution in [3.05, 3.63) is 23.9 Å². The maximum Gasteiger partial charge on any atom is 0.140 e. The number of hydrogen-bond acceptors (Lipinski definition) is 4. The van der Waals surface area contributed by atoms with Crippen molar-refractivity contribution >= 4 is 5.82 Å². The van der Waals surface area contributed by atoms with Gasteiger partial charge in [-0.1, -0.05) is 25.7 Å². The fourth-order valence-electron chi connectivity index (χ4n) is 2.77. The van der Waals surface area contributed by atoms with Gasteiger partial charge in [-0.25, -0.2) is 10.8 Å². The smallest absolute Gasteiger partial charge is 0.140 e. The van der Waals surface area contributed by atoms with Crippen LogP contribution in [-0.4, -0.2) is 23.0 Å². The second kappa shape index (κ2) is 6.71. The van der Waals surface area contributed by atoms with E-state index in [-0.39, 0.29) is 0 Å². The average Bonchev–Trinajstić information content (AvgIpc) is 2.68. The molecule has 0 aromatic carbocycles. The summed E-state index contributed by atoms with van der Waals surface area (Å²) in [4.78, 5) is 6.61. The third kappa shape index (κ3) is 3.68. The quantitative estimate of drug-likeness (QED) is 0.488. The minimum absolute atomic E-state index is 0.731. The Kier molecular flexibility index (Phi) is 4.96. The lowest BCUT2D eigenvalue weighted by Gasteiger charge is -2.27. The Hall–Kier alpha value is -1.13. The van der Waals surface area contributed by atoms with Gasteiger partial charge in [0.2, 0.25) is 0 Å². The molecule has 1 heterocycles. The van der Waals surface area contributed by atoms with Gasteiger partial charge in [-0.15, -0.1) is 0 Å². The van der Waals surface area contributed by atoms with Gasteiger partial charge in [-0.05, 0) is 37.6 Å². The third-order valence-corrected chi connectivity index (χ3v) is 3.85. The van der Waals surface area contributed by atoms with E-state index in [0.717, 1.165) is 18.4 Å². The topological polar surface area (TPSA) is 54.2 Å². The maximum absolute atomic E-state index is 5.39. The van der Waals surface area contributed by atoms with Crippen LogP contribution in [0.4, 0.5) is 5.82 Å². The van der Waals surface area contributed by atoms with Crippen LogP contribution in [0.15, 0.2) is 18.3 Å². The fourth-order valence-corrected chi connectivity index (χ4v) is 2.77. The molecule has 1 aliphatic carbocycles. The van der Waals surface area contributed by atoms with Gasteiger partial charge >= 0.3 is 0 Å². The zero-order chi connectivity index (χ0) is 12.8. The van der Waals surface area contributed by atoms with Crippen LogP contribution in [0.1, 0.15) is 44.1 Å². The van der Waals surface area contributed by atoms with E-state index in [0.29, 0.717) is 0 Å². The molecule has 0 radical (unpaired) electrons. The molecule has 0 saturated heterocycles. The Labute approximate surface area is 110 Å². The lowest BCUT2D eigenvalue weighted by atomic mass is 10.1. The monoisotopic (exact) mass is 248 g/mol. The number of aromatic nitrogens is 1. The number of nitrogens with zero attached hydrogens (tertiary/aromatic N) is 2. The van der Waals surface area contributed by atoms with Gasteiger partial charge < -0.3 is 5.43 Å². The van der Waals surface area contributed by atoms with Crippen molar-refractivity contribution in [1.82, 2.24) is 9.88 Å². The largest absolute Gasteiger partial charge is 0.308 e. The van der Waals surface area contributed by atoms with Crippen LogP contribution in [0.3, 0.4) is 0 Å². The zero-order valence-electron chi connectivity index (χ0n) is 11.2. The third-order valence-electron chi connectivity index (χ3n) is 3.85. The summed E-state index contributed by atoms with van der Waals surface area (Å²) in [6.45, 7) is 0.974. The minimum Gasteiger partial charge on any atom is -0.308 e. The Balaban J connectivity index is 1.94. The van der Waals surface area contributed by atoms with E-state index < -0.39 is 0 Å². The van der Waals surface area contributed by atoms with E-state index in [1.54, 1.807) is 0 Å². The lowest BCUT2D eigenvalue weighted by molar-refractivity contribution is 0.213. The fraction of sp³-hybridized carbons (Fsp3) is 0.643. The number of anilines is 1. The summed E-state index contributed by atoms with van der Waals surface area (Å²) in [5, 5.41) is 0. The van der Waals surface area contributed by atoms with Gasteiger partial charge in [-0.2, -0.15) is 0 Å². The molecule has 1 aromatic rings. The summed E-state index contributed by atoms with van der Waals surface area (Å²) < 4.78 is 0. The van der Waals surface area contributed by atoms with Crippen molar-refractivity contribution in [3.63, 3.8) is 0 Å². The number of nitrogen functional groups attached to an aromatic ring is 1. The predicted molar refractivity (Wildman–Crippen MR) is 75.0 cm³/mol. The molecule has 1 fully saturated rings. The first kappa shape index (κ1) is 13.3. The average molecular weight is 248 g/mol. The summed E-state index contributed by atoms with van der Waals surface area (Å²) in [5.41, 5.74) is 3.87. The van der Waals surface area contributed by atoms with Crippen molar-refractivity contribution < 1.29 is 0 Å². The number of hydrazine groups is 1. The van der Waals surface area contributed by atoms with Gasteiger partial charge in [0, 0.05) is 18.8 Å². The SMILES string of the molecule is CN(Cc1ccnc(NN)c1)C1CCCCCC1. The first-order chi connectivity index (χ1) is 8.79. The first-order valence-electron chi connectivity index (χ1n) is 6.91. The summed E-state index contributed by atoms with van der Waals surface area (Å²) >= 11 is 0. The van der Waals surface area contributed by atoms with Crippen LogP contribution < -0.4 is 11.3 Å². The summed E-state index contributed by atoms with van der Waals surface area (Å²) in [5.74, 6) is 6.12. The van der Waals surface area contributed by atoms with E-state index in [2.05, 4.69) is 28.4 Å². The van der Waals surface area contributed by atoms with Gasteiger partial charge in [0.1, 0.15) is 5.82 Å². The molecule has 18 heavy (non-hydrogen) atoms. The summed E-state index contributed by atoms with van der Waals surface area (Å²) in [6.07, 6.45) is 10.0. The molecule has 0 bridgehead atoms. The van der Waals surface area contributed by atoms with E-state index in [4.69, 9.17) is 5.84 Å². The zero-order valence-corrected chi connectivity index (χ0v) is 11.2. The normalized spacial score (nSPS) is 17.7. The second-order valence-corrected chi connectivity index (χ2v) is 5.25. The molecule has 1 aliphatic rings. The molecular weight excluding hydrogens is 224 g/mol. The molecule has 1 saturated carbocycles. The maximum atomic E-state index is 5.39. The number of nitrogens with one attached hydrogen (secondary N) is 1. The van der Waals surface area contributed by atoms with Gasteiger partial charge in [0.25, 0.3) is 0 Å². The van der Waals surface area contributed by atoms with E-state index in [1.165, 1.54) is 44.1 Å². The van der Waals surface area contributed by atoms with E-state index in [1.807, 2.05) is 12.3 Å². The molecular formula is C14H24N4. The summed E-state index contributed by atoms with van der Waals surface area (Å²) in [6, 6.07) is 4.82. The predicted octanol–water partition coefficient (Wildman–Crippen LogP) is 2.52. The van der Waals surface area contributed by atoms with Crippen LogP contribution in [0.25, 0.3) is 0 Å². The Morgan fingerprint density at radius 3 is 2.72 bits per heavy atom. The van der Waals surface area contributed by atoms with Crippen LogP contribution in [0.5, 0.6) is 0 Å². The van der Waals surface area contributed by atoms with Crippen LogP contribution >= 0.6 is 0 Å². The summed E-state index contributed by atoms with van der Waals surface area (Å²) in [7, 11) is 2.23. The van der Waals surface area contributed by atoms with Crippen molar-refractivity contribution in [1.29, 1.82) is 0 Å². The molecule has 100 valence electrons. The molecule has 0 amide bonds. The molecule has 3 N–H and O–H groups in total. The number of nitrogens with two attached hydrogens (primary N) is 1. The van der Waals surface area contributed by atoms with Crippen molar-refractivity contribution in [2.45, 2.75) is 51.1 Å². The molecule has 0 atom stereocenters. The number of pyridine rings is 1. The molecule has 1 aromatic heterocycles. The standard InChI is InChI=1S/C14H24N4/c1-18(13-6-4-2-3-5-7-13)11-12-8-9-16-14(10-12)17-15/h8-10,13H,2-7,11,15H2,1H3,(H,16,17). The molecule has 0 spiro atoms. The highest BCUT2D eigenvalue weighted by molar-refractivity contribution is 5.35. The Morgan fingerprint density at radius 2 is 2.06 bits per heavy atom. The van der Waals surface area contributed by atoms with Crippen molar-refractivity contribution in [2.24, 2.45) is 5.84 Å². The molecule has 4 nitrogen and oxygen atoms in total. The van der Waals surface area contributed by atoms with E-state index in [9.17, 15) is 0 Å². The van der Waals surface area contributed by atoms with Gasteiger partial charge in [0.05, 0.1) is 0 Å². The highest BCUT2D eigenvalue weighted by atomic mass is 15.2. The second-order valence-electron chi connectivity index (χ2n) is 5.25. The highest BCUT2D eigenvalue weighted by Crippen LogP contribution is 2.22. The molecule has 2 rings (SSSR count). The molecule has 0 unspecified atom stereocenters. The van der Waals surface area contributed by atoms with Crippen LogP contribution in [0.2, 0.25) is 0 Å². The number of rotatable bonds is 4. The van der Waals surface area contributed by atoms with Gasteiger partial charge in [0.15, 0.2) is 0 Å².